The van der Waals surface area contributed by atoms with E-state index in [4.69, 9.17) is 22.4 Å². The lowest BCUT2D eigenvalue weighted by Gasteiger charge is -2.07. The van der Waals surface area contributed by atoms with Crippen LogP contribution in [0, 0.1) is 0 Å². The molecule has 7 nitrogen and oxygen atoms in total. The number of carboxylic acids is 1. The van der Waals surface area contributed by atoms with Gasteiger partial charge in [0, 0.05) is 24.8 Å². The molecule has 0 saturated heterocycles. The monoisotopic (exact) mass is 308 g/mol. The van der Waals surface area contributed by atoms with E-state index in [1.54, 1.807) is 16.7 Å². The number of imidazole rings is 1. The molecule has 0 aliphatic rings. The maximum Gasteiger partial charge on any atom is 0.356 e. The van der Waals surface area contributed by atoms with Crippen LogP contribution in [0.5, 0.6) is 0 Å². The summed E-state index contributed by atoms with van der Waals surface area (Å²) in [6.45, 7) is 0.741. The van der Waals surface area contributed by atoms with Crippen LogP contribution >= 0.6 is 11.6 Å². The number of nitrogens with zero attached hydrogens (tertiary/aromatic N) is 2. The fourth-order valence-corrected chi connectivity index (χ4v) is 1.84. The van der Waals surface area contributed by atoms with Crippen molar-refractivity contribution in [2.45, 2.75) is 6.54 Å². The number of carboxylic acid groups (broad SMARTS) is 1. The van der Waals surface area contributed by atoms with Gasteiger partial charge in [-0.05, 0) is 18.2 Å². The van der Waals surface area contributed by atoms with Crippen molar-refractivity contribution >= 4 is 29.2 Å². The van der Waals surface area contributed by atoms with E-state index in [1.165, 1.54) is 18.6 Å². The number of aromatic carboxylic acids is 1. The average molecular weight is 309 g/mol. The quantitative estimate of drug-likeness (QED) is 0.720. The van der Waals surface area contributed by atoms with Gasteiger partial charge in [0.1, 0.15) is 0 Å². The van der Waals surface area contributed by atoms with Gasteiger partial charge >= 0.3 is 5.97 Å². The predicted octanol–water partition coefficient (Wildman–Crippen LogP) is 1.25. The molecule has 0 spiro atoms. The highest BCUT2D eigenvalue weighted by atomic mass is 35.5. The van der Waals surface area contributed by atoms with Gasteiger partial charge in [-0.3, -0.25) is 4.79 Å². The van der Waals surface area contributed by atoms with E-state index in [-0.39, 0.29) is 11.6 Å². The Hall–Kier alpha value is -2.54. The SMILES string of the molecule is Nc1ccc(C(=O)NCCn2cnc(C(=O)O)c2)cc1Cl. The number of nitrogens with two attached hydrogens (primary N) is 1. The molecule has 110 valence electrons. The molecule has 1 aromatic heterocycles. The largest absolute Gasteiger partial charge is 0.476 e. The minimum Gasteiger partial charge on any atom is -0.476 e. The second-order valence-electron chi connectivity index (χ2n) is 4.29. The lowest BCUT2D eigenvalue weighted by molar-refractivity contribution is 0.0690. The minimum atomic E-state index is -1.09. The van der Waals surface area contributed by atoms with Crippen LogP contribution in [-0.4, -0.2) is 33.1 Å². The summed E-state index contributed by atoms with van der Waals surface area (Å²) >= 11 is 5.85. The highest BCUT2D eigenvalue weighted by Gasteiger charge is 2.08. The zero-order valence-corrected chi connectivity index (χ0v) is 11.7. The fourth-order valence-electron chi connectivity index (χ4n) is 1.66. The van der Waals surface area contributed by atoms with Gasteiger partial charge in [0.05, 0.1) is 17.0 Å². The van der Waals surface area contributed by atoms with E-state index >= 15 is 0 Å². The Balaban J connectivity index is 1.88. The summed E-state index contributed by atoms with van der Waals surface area (Å²) in [5.41, 5.74) is 6.35. The first-order valence-electron chi connectivity index (χ1n) is 6.05. The Morgan fingerprint density at radius 2 is 2.19 bits per heavy atom. The van der Waals surface area contributed by atoms with Gasteiger partial charge in [-0.25, -0.2) is 9.78 Å². The van der Waals surface area contributed by atoms with Gasteiger partial charge in [0.2, 0.25) is 0 Å². The number of benzene rings is 1. The summed E-state index contributed by atoms with van der Waals surface area (Å²) in [4.78, 5) is 26.3. The average Bonchev–Trinajstić information content (AvgIpc) is 2.91. The number of nitrogens with one attached hydrogen (secondary N) is 1. The number of aromatic nitrogens is 2. The molecule has 1 amide bonds. The maximum absolute atomic E-state index is 11.9. The second kappa shape index (κ2) is 6.27. The third kappa shape index (κ3) is 3.73. The van der Waals surface area contributed by atoms with E-state index in [2.05, 4.69) is 10.3 Å². The summed E-state index contributed by atoms with van der Waals surface area (Å²) in [5, 5.41) is 11.8. The molecule has 0 saturated carbocycles. The van der Waals surface area contributed by atoms with Crippen molar-refractivity contribution in [1.82, 2.24) is 14.9 Å². The molecule has 0 radical (unpaired) electrons. The molecule has 4 N–H and O–H groups in total. The second-order valence-corrected chi connectivity index (χ2v) is 4.70. The number of rotatable bonds is 5. The van der Waals surface area contributed by atoms with Crippen LogP contribution in [0.25, 0.3) is 0 Å². The van der Waals surface area contributed by atoms with Crippen molar-refractivity contribution in [2.24, 2.45) is 0 Å². The highest BCUT2D eigenvalue weighted by molar-refractivity contribution is 6.33. The Morgan fingerprint density at radius 3 is 2.81 bits per heavy atom. The molecular formula is C13H13ClN4O3. The van der Waals surface area contributed by atoms with E-state index in [0.29, 0.717) is 29.4 Å². The van der Waals surface area contributed by atoms with Crippen LogP contribution in [0.1, 0.15) is 20.8 Å². The van der Waals surface area contributed by atoms with Crippen LogP contribution in [0.4, 0.5) is 5.69 Å². The van der Waals surface area contributed by atoms with E-state index in [0.717, 1.165) is 0 Å². The highest BCUT2D eigenvalue weighted by Crippen LogP contribution is 2.19. The number of carbonyl (C=O) groups excluding carboxylic acids is 1. The van der Waals surface area contributed by atoms with Gasteiger partial charge in [0.15, 0.2) is 5.69 Å². The van der Waals surface area contributed by atoms with E-state index in [9.17, 15) is 9.59 Å². The van der Waals surface area contributed by atoms with Gasteiger partial charge < -0.3 is 20.7 Å². The number of halogens is 1. The van der Waals surface area contributed by atoms with Crippen LogP contribution < -0.4 is 11.1 Å². The molecule has 0 aliphatic heterocycles. The Morgan fingerprint density at radius 1 is 1.43 bits per heavy atom. The molecule has 1 heterocycles. The molecule has 0 fully saturated rings. The van der Waals surface area contributed by atoms with Crippen LogP contribution in [-0.2, 0) is 6.54 Å². The van der Waals surface area contributed by atoms with Gasteiger partial charge in [-0.15, -0.1) is 0 Å². The van der Waals surface area contributed by atoms with Crippen molar-refractivity contribution in [1.29, 1.82) is 0 Å². The van der Waals surface area contributed by atoms with Crippen molar-refractivity contribution in [3.8, 4) is 0 Å². The van der Waals surface area contributed by atoms with Crippen molar-refractivity contribution in [3.63, 3.8) is 0 Å². The van der Waals surface area contributed by atoms with Crippen LogP contribution in [0.15, 0.2) is 30.7 Å². The molecule has 8 heteroatoms. The molecule has 2 aromatic rings. The van der Waals surface area contributed by atoms with E-state index < -0.39 is 5.97 Å². The Labute approximate surface area is 125 Å². The first-order chi connectivity index (χ1) is 9.97. The number of carbonyl (C=O) groups is 2. The molecule has 0 bridgehead atoms. The molecular weight excluding hydrogens is 296 g/mol. The van der Waals surface area contributed by atoms with Crippen molar-refractivity contribution in [3.05, 3.63) is 47.0 Å². The maximum atomic E-state index is 11.9. The van der Waals surface area contributed by atoms with Crippen LogP contribution in [0.2, 0.25) is 5.02 Å². The third-order valence-corrected chi connectivity index (χ3v) is 3.10. The Kier molecular flexibility index (Phi) is 4.44. The first kappa shape index (κ1) is 14.9. The zero-order valence-electron chi connectivity index (χ0n) is 10.9. The standard InChI is InChI=1S/C13H13ClN4O3/c14-9-5-8(1-2-10(9)15)12(19)16-3-4-18-6-11(13(20)21)17-7-18/h1-2,5-7H,3-4,15H2,(H,16,19)(H,20,21). The fraction of sp³-hybridized carbons (Fsp3) is 0.154. The predicted molar refractivity (Wildman–Crippen MR) is 77.4 cm³/mol. The lowest BCUT2D eigenvalue weighted by atomic mass is 10.2. The third-order valence-electron chi connectivity index (χ3n) is 2.77. The summed E-state index contributed by atoms with van der Waals surface area (Å²) in [5.74, 6) is -1.37. The molecule has 1 aromatic carbocycles. The molecule has 0 unspecified atom stereocenters. The summed E-state index contributed by atoms with van der Waals surface area (Å²) in [7, 11) is 0. The van der Waals surface area contributed by atoms with Gasteiger partial charge in [0.25, 0.3) is 5.91 Å². The Bertz CT molecular complexity index is 684. The van der Waals surface area contributed by atoms with Crippen molar-refractivity contribution in [2.75, 3.05) is 12.3 Å². The molecule has 0 atom stereocenters. The number of anilines is 1. The number of hydrogen-bond acceptors (Lipinski definition) is 4. The molecule has 0 aliphatic carbocycles. The lowest BCUT2D eigenvalue weighted by Crippen LogP contribution is -2.27. The number of hydrogen-bond donors (Lipinski definition) is 3. The van der Waals surface area contributed by atoms with Gasteiger partial charge in [-0.2, -0.15) is 0 Å². The summed E-state index contributed by atoms with van der Waals surface area (Å²) in [6, 6.07) is 4.63. The van der Waals surface area contributed by atoms with Crippen LogP contribution in [0.3, 0.4) is 0 Å². The summed E-state index contributed by atoms with van der Waals surface area (Å²) < 4.78 is 1.58. The molecule has 21 heavy (non-hydrogen) atoms. The van der Waals surface area contributed by atoms with E-state index in [1.807, 2.05) is 0 Å². The van der Waals surface area contributed by atoms with Crippen molar-refractivity contribution < 1.29 is 14.7 Å². The first-order valence-corrected chi connectivity index (χ1v) is 6.43. The number of amides is 1. The topological polar surface area (TPSA) is 110 Å². The molecule has 2 rings (SSSR count). The zero-order chi connectivity index (χ0) is 15.4. The number of nitrogen functional groups attached to an aromatic ring is 1. The normalized spacial score (nSPS) is 10.3. The van der Waals surface area contributed by atoms with Gasteiger partial charge in [-0.1, -0.05) is 11.6 Å². The summed E-state index contributed by atoms with van der Waals surface area (Å²) in [6.07, 6.45) is 2.80. The smallest absolute Gasteiger partial charge is 0.356 e. The minimum absolute atomic E-state index is 0.0355.